The molecule has 0 atom stereocenters. The van der Waals surface area contributed by atoms with Crippen LogP contribution in [0.15, 0.2) is 11.6 Å². The van der Waals surface area contributed by atoms with Gasteiger partial charge in [0.15, 0.2) is 0 Å². The molecule has 0 fully saturated rings. The van der Waals surface area contributed by atoms with Crippen LogP contribution in [-0.4, -0.2) is 4.98 Å². The van der Waals surface area contributed by atoms with E-state index in [4.69, 9.17) is 0 Å². The number of hydrogen-bond acceptors (Lipinski definition) is 2. The summed E-state index contributed by atoms with van der Waals surface area (Å²) in [6.07, 6.45) is 1.78. The summed E-state index contributed by atoms with van der Waals surface area (Å²) in [5.41, 5.74) is 0. The zero-order valence-corrected chi connectivity index (χ0v) is 5.87. The van der Waals surface area contributed by atoms with Gasteiger partial charge in [0.1, 0.15) is 5.01 Å². The predicted octanol–water partition coefficient (Wildman–Crippen LogP) is 2.05. The number of aromatic nitrogens is 1. The second-order valence-electron chi connectivity index (χ2n) is 0.979. The minimum atomic E-state index is 1.01. The Morgan fingerprint density at radius 1 is 1.86 bits per heavy atom. The van der Waals surface area contributed by atoms with Crippen molar-refractivity contribution < 1.29 is 0 Å². The van der Waals surface area contributed by atoms with Crippen molar-refractivity contribution in [1.82, 2.24) is 4.98 Å². The van der Waals surface area contributed by atoms with Gasteiger partial charge in [-0.2, -0.15) is 0 Å². The lowest BCUT2D eigenvalue weighted by Crippen LogP contribution is -1.63. The zero-order chi connectivity index (χ0) is 5.11. The molecule has 0 amide bonds. The Morgan fingerprint density at radius 2 is 2.71 bits per heavy atom. The van der Waals surface area contributed by atoms with Gasteiger partial charge in [0.25, 0.3) is 0 Å². The van der Waals surface area contributed by atoms with Gasteiger partial charge < -0.3 is 0 Å². The Kier molecular flexibility index (Phi) is 1.82. The molecule has 0 saturated carbocycles. The van der Waals surface area contributed by atoms with E-state index in [2.05, 4.69) is 20.9 Å². The van der Waals surface area contributed by atoms with Crippen LogP contribution in [0.5, 0.6) is 0 Å². The second kappa shape index (κ2) is 2.43. The van der Waals surface area contributed by atoms with Gasteiger partial charge in [0.2, 0.25) is 0 Å². The number of thiazole rings is 1. The van der Waals surface area contributed by atoms with Gasteiger partial charge in [-0.05, 0) is 0 Å². The van der Waals surface area contributed by atoms with Crippen LogP contribution in [0, 0.1) is 5.33 Å². The maximum absolute atomic E-state index is 3.95. The molecule has 3 heteroatoms. The number of nitrogens with zero attached hydrogens (tertiary/aromatic N) is 1. The molecule has 1 aromatic rings. The fourth-order valence-electron chi connectivity index (χ4n) is 0.288. The van der Waals surface area contributed by atoms with Gasteiger partial charge in [-0.25, -0.2) is 4.98 Å². The number of rotatable bonds is 1. The first-order valence-corrected chi connectivity index (χ1v) is 3.56. The van der Waals surface area contributed by atoms with E-state index in [1.165, 1.54) is 0 Å². The third-order valence-electron chi connectivity index (χ3n) is 0.545. The Labute approximate surface area is 54.5 Å². The fraction of sp³-hybridized carbons (Fsp3) is 0. The highest BCUT2D eigenvalue weighted by Crippen LogP contribution is 2.09. The van der Waals surface area contributed by atoms with Crippen molar-refractivity contribution in [3.63, 3.8) is 0 Å². The minimum Gasteiger partial charge on any atom is -0.248 e. The van der Waals surface area contributed by atoms with E-state index in [9.17, 15) is 0 Å². The second-order valence-corrected chi connectivity index (χ2v) is 2.36. The van der Waals surface area contributed by atoms with E-state index in [1.807, 2.05) is 5.38 Å². The number of hydrogen-bond donors (Lipinski definition) is 0. The van der Waals surface area contributed by atoms with E-state index < -0.39 is 0 Å². The highest BCUT2D eigenvalue weighted by atomic mass is 79.9. The molecule has 0 spiro atoms. The maximum atomic E-state index is 3.95. The van der Waals surface area contributed by atoms with E-state index in [-0.39, 0.29) is 0 Å². The van der Waals surface area contributed by atoms with Crippen LogP contribution in [0.4, 0.5) is 0 Å². The average Bonchev–Trinajstić information content (AvgIpc) is 2.14. The summed E-state index contributed by atoms with van der Waals surface area (Å²) < 4.78 is 0. The Hall–Kier alpha value is 0.110. The lowest BCUT2D eigenvalue weighted by atomic mass is 10.8. The van der Waals surface area contributed by atoms with Crippen LogP contribution in [0.25, 0.3) is 0 Å². The van der Waals surface area contributed by atoms with Crippen molar-refractivity contribution in [1.29, 1.82) is 0 Å². The molecule has 0 aromatic carbocycles. The molecule has 0 N–H and O–H groups in total. The monoisotopic (exact) mass is 176 g/mol. The van der Waals surface area contributed by atoms with E-state index in [0.29, 0.717) is 0 Å². The van der Waals surface area contributed by atoms with E-state index >= 15 is 0 Å². The lowest BCUT2D eigenvalue weighted by molar-refractivity contribution is 1.36. The molecule has 37 valence electrons. The Bertz CT molecular complexity index is 126. The molecule has 0 unspecified atom stereocenters. The molecule has 0 aliphatic rings. The van der Waals surface area contributed by atoms with Crippen LogP contribution >= 0.6 is 27.3 Å². The molecule has 0 aliphatic carbocycles. The molecule has 1 heterocycles. The summed E-state index contributed by atoms with van der Waals surface area (Å²) in [5, 5.41) is 4.75. The third kappa shape index (κ3) is 1.24. The van der Waals surface area contributed by atoms with Gasteiger partial charge in [-0.3, -0.25) is 0 Å². The molecule has 0 aliphatic heterocycles. The number of halogens is 1. The SMILES string of the molecule is Br[CH]c1nccs1. The smallest absolute Gasteiger partial charge is 0.108 e. The van der Waals surface area contributed by atoms with Crippen molar-refractivity contribution in [2.24, 2.45) is 0 Å². The summed E-state index contributed by atoms with van der Waals surface area (Å²) >= 11 is 4.77. The summed E-state index contributed by atoms with van der Waals surface area (Å²) in [5.74, 6) is 0. The van der Waals surface area contributed by atoms with Crippen LogP contribution in [-0.2, 0) is 0 Å². The van der Waals surface area contributed by atoms with Gasteiger partial charge >= 0.3 is 0 Å². The maximum Gasteiger partial charge on any atom is 0.108 e. The highest BCUT2D eigenvalue weighted by Gasteiger charge is 1.86. The van der Waals surface area contributed by atoms with Crippen LogP contribution in [0.3, 0.4) is 0 Å². The Balaban J connectivity index is 2.76. The molecule has 7 heavy (non-hydrogen) atoms. The normalized spacial score (nSPS) is 9.29. The molecular formula is C4H3BrNS. The summed E-state index contributed by atoms with van der Waals surface area (Å²) in [6.45, 7) is 0. The molecule has 1 rings (SSSR count). The quantitative estimate of drug-likeness (QED) is 0.639. The zero-order valence-electron chi connectivity index (χ0n) is 3.47. The van der Waals surface area contributed by atoms with Crippen molar-refractivity contribution >= 4 is 27.3 Å². The van der Waals surface area contributed by atoms with Crippen molar-refractivity contribution in [3.05, 3.63) is 21.9 Å². The predicted molar refractivity (Wildman–Crippen MR) is 34.4 cm³/mol. The van der Waals surface area contributed by atoms with Gasteiger partial charge in [-0.1, -0.05) is 15.9 Å². The van der Waals surface area contributed by atoms with Crippen molar-refractivity contribution in [3.8, 4) is 0 Å². The first-order chi connectivity index (χ1) is 3.43. The third-order valence-corrected chi connectivity index (χ3v) is 2.00. The minimum absolute atomic E-state index is 1.01. The first kappa shape index (κ1) is 5.25. The summed E-state index contributed by atoms with van der Waals surface area (Å²) in [7, 11) is 0. The summed E-state index contributed by atoms with van der Waals surface area (Å²) in [6, 6.07) is 0. The van der Waals surface area contributed by atoms with Crippen molar-refractivity contribution in [2.75, 3.05) is 0 Å². The van der Waals surface area contributed by atoms with Crippen LogP contribution in [0.1, 0.15) is 5.01 Å². The van der Waals surface area contributed by atoms with E-state index in [1.54, 1.807) is 22.9 Å². The summed E-state index contributed by atoms with van der Waals surface area (Å²) in [4.78, 5) is 3.95. The molecule has 0 saturated heterocycles. The van der Waals surface area contributed by atoms with Gasteiger partial charge in [-0.15, -0.1) is 11.3 Å². The Morgan fingerprint density at radius 3 is 3.00 bits per heavy atom. The largest absolute Gasteiger partial charge is 0.248 e. The van der Waals surface area contributed by atoms with E-state index in [0.717, 1.165) is 5.01 Å². The topological polar surface area (TPSA) is 12.9 Å². The van der Waals surface area contributed by atoms with Gasteiger partial charge in [0.05, 0.1) is 5.33 Å². The average molecular weight is 177 g/mol. The van der Waals surface area contributed by atoms with Crippen LogP contribution in [0.2, 0.25) is 0 Å². The standard InChI is InChI=1S/C4H3BrNS/c5-3-4-6-1-2-7-4/h1-3H. The van der Waals surface area contributed by atoms with Crippen molar-refractivity contribution in [2.45, 2.75) is 0 Å². The first-order valence-electron chi connectivity index (χ1n) is 1.76. The lowest BCUT2D eigenvalue weighted by Gasteiger charge is -1.74. The molecular weight excluding hydrogens is 174 g/mol. The molecule has 1 aromatic heterocycles. The van der Waals surface area contributed by atoms with Crippen LogP contribution < -0.4 is 0 Å². The molecule has 1 nitrogen and oxygen atoms in total. The molecule has 0 bridgehead atoms. The molecule has 1 radical (unpaired) electrons. The van der Waals surface area contributed by atoms with Gasteiger partial charge in [0, 0.05) is 11.6 Å². The fourth-order valence-corrected chi connectivity index (χ4v) is 1.16. The highest BCUT2D eigenvalue weighted by molar-refractivity contribution is 9.10.